The van der Waals surface area contributed by atoms with E-state index >= 15 is 0 Å². The fourth-order valence-electron chi connectivity index (χ4n) is 1.81. The van der Waals surface area contributed by atoms with Crippen molar-refractivity contribution >= 4 is 5.82 Å². The maximum absolute atomic E-state index is 9.56. The Bertz CT molecular complexity index is 317. The molecule has 0 spiro atoms. The molecule has 1 saturated heterocycles. The number of aromatic nitrogens is 1. The van der Waals surface area contributed by atoms with E-state index in [1.807, 2.05) is 4.90 Å². The average molecular weight is 194 g/mol. The smallest absolute Gasteiger partial charge is 0.171 e. The Morgan fingerprint density at radius 2 is 2.43 bits per heavy atom. The van der Waals surface area contributed by atoms with Crippen LogP contribution in [0.15, 0.2) is 18.3 Å². The standard InChI is InChI=1S/C10H14N2O2/c13-7-8-3-5-12(6-8)10-9(14)2-1-4-11-10/h1-2,4,8,13-14H,3,5-7H2/t8-/m1/s1. The summed E-state index contributed by atoms with van der Waals surface area (Å²) in [6.45, 7) is 1.85. The molecule has 1 fully saturated rings. The minimum absolute atomic E-state index is 0.212. The van der Waals surface area contributed by atoms with Crippen molar-refractivity contribution < 1.29 is 10.2 Å². The summed E-state index contributed by atoms with van der Waals surface area (Å²) in [5.41, 5.74) is 0. The molecule has 0 aromatic carbocycles. The van der Waals surface area contributed by atoms with E-state index in [1.165, 1.54) is 0 Å². The molecule has 0 saturated carbocycles. The quantitative estimate of drug-likeness (QED) is 0.724. The lowest BCUT2D eigenvalue weighted by Crippen LogP contribution is -2.21. The number of pyridine rings is 1. The van der Waals surface area contributed by atoms with E-state index in [4.69, 9.17) is 5.11 Å². The van der Waals surface area contributed by atoms with E-state index in [1.54, 1.807) is 18.3 Å². The second kappa shape index (κ2) is 3.84. The zero-order chi connectivity index (χ0) is 9.97. The second-order valence-corrected chi connectivity index (χ2v) is 3.63. The van der Waals surface area contributed by atoms with Crippen LogP contribution >= 0.6 is 0 Å². The van der Waals surface area contributed by atoms with Crippen molar-refractivity contribution in [1.82, 2.24) is 4.98 Å². The van der Waals surface area contributed by atoms with Gasteiger partial charge in [-0.1, -0.05) is 0 Å². The van der Waals surface area contributed by atoms with Crippen molar-refractivity contribution in [3.63, 3.8) is 0 Å². The van der Waals surface area contributed by atoms with Crippen LogP contribution < -0.4 is 4.90 Å². The van der Waals surface area contributed by atoms with Gasteiger partial charge in [-0.15, -0.1) is 0 Å². The molecule has 1 atom stereocenters. The molecule has 14 heavy (non-hydrogen) atoms. The van der Waals surface area contributed by atoms with Gasteiger partial charge in [-0.25, -0.2) is 4.98 Å². The van der Waals surface area contributed by atoms with E-state index in [-0.39, 0.29) is 12.4 Å². The van der Waals surface area contributed by atoms with Crippen LogP contribution in [0.25, 0.3) is 0 Å². The van der Waals surface area contributed by atoms with Crippen molar-refractivity contribution in [2.24, 2.45) is 5.92 Å². The Hall–Kier alpha value is -1.29. The van der Waals surface area contributed by atoms with Crippen LogP contribution in [0.2, 0.25) is 0 Å². The minimum Gasteiger partial charge on any atom is -0.504 e. The maximum Gasteiger partial charge on any atom is 0.171 e. The van der Waals surface area contributed by atoms with Crippen molar-refractivity contribution in [2.45, 2.75) is 6.42 Å². The number of rotatable bonds is 2. The monoisotopic (exact) mass is 194 g/mol. The first kappa shape index (κ1) is 9.27. The summed E-state index contributed by atoms with van der Waals surface area (Å²) in [7, 11) is 0. The Morgan fingerprint density at radius 1 is 1.57 bits per heavy atom. The molecule has 0 aliphatic carbocycles. The topological polar surface area (TPSA) is 56.6 Å². The van der Waals surface area contributed by atoms with Gasteiger partial charge in [0.05, 0.1) is 0 Å². The third-order valence-corrected chi connectivity index (χ3v) is 2.61. The van der Waals surface area contributed by atoms with Crippen LogP contribution in [-0.2, 0) is 0 Å². The molecule has 0 unspecified atom stereocenters. The predicted molar refractivity (Wildman–Crippen MR) is 53.3 cm³/mol. The molecule has 1 aliphatic heterocycles. The maximum atomic E-state index is 9.56. The van der Waals surface area contributed by atoms with Crippen molar-refractivity contribution in [2.75, 3.05) is 24.6 Å². The predicted octanol–water partition coefficient (Wildman–Crippen LogP) is 0.606. The Labute approximate surface area is 82.8 Å². The van der Waals surface area contributed by atoms with Crippen molar-refractivity contribution in [3.8, 4) is 5.75 Å². The van der Waals surface area contributed by atoms with Crippen LogP contribution in [0.5, 0.6) is 5.75 Å². The molecule has 0 radical (unpaired) electrons. The van der Waals surface area contributed by atoms with Crippen molar-refractivity contribution in [3.05, 3.63) is 18.3 Å². The van der Waals surface area contributed by atoms with Crippen LogP contribution in [0, 0.1) is 5.92 Å². The summed E-state index contributed by atoms with van der Waals surface area (Å²) in [5.74, 6) is 1.16. The number of aliphatic hydroxyl groups excluding tert-OH is 1. The molecule has 2 N–H and O–H groups in total. The summed E-state index contributed by atoms with van der Waals surface area (Å²) >= 11 is 0. The highest BCUT2D eigenvalue weighted by Gasteiger charge is 2.24. The Morgan fingerprint density at radius 3 is 3.07 bits per heavy atom. The molecule has 0 amide bonds. The number of aliphatic hydroxyl groups is 1. The fourth-order valence-corrected chi connectivity index (χ4v) is 1.81. The first-order valence-corrected chi connectivity index (χ1v) is 4.81. The highest BCUT2D eigenvalue weighted by atomic mass is 16.3. The normalized spacial score (nSPS) is 21.5. The van der Waals surface area contributed by atoms with Gasteiger partial charge in [-0.2, -0.15) is 0 Å². The highest BCUT2D eigenvalue weighted by molar-refractivity contribution is 5.51. The summed E-state index contributed by atoms with van der Waals surface area (Å²) in [4.78, 5) is 6.13. The third kappa shape index (κ3) is 1.65. The summed E-state index contributed by atoms with van der Waals surface area (Å²) in [6, 6.07) is 3.34. The van der Waals surface area contributed by atoms with E-state index in [2.05, 4.69) is 4.98 Å². The van der Waals surface area contributed by atoms with Gasteiger partial charge in [0.1, 0.15) is 0 Å². The largest absolute Gasteiger partial charge is 0.504 e. The summed E-state index contributed by atoms with van der Waals surface area (Å²) in [6.07, 6.45) is 2.63. The van der Waals surface area contributed by atoms with Gasteiger partial charge in [-0.05, 0) is 18.6 Å². The molecular formula is C10H14N2O2. The zero-order valence-electron chi connectivity index (χ0n) is 7.93. The lowest BCUT2D eigenvalue weighted by molar-refractivity contribution is 0.238. The Balaban J connectivity index is 2.13. The Kier molecular flexibility index (Phi) is 2.54. The average Bonchev–Trinajstić information content (AvgIpc) is 2.67. The van der Waals surface area contributed by atoms with Crippen molar-refractivity contribution in [1.29, 1.82) is 0 Å². The van der Waals surface area contributed by atoms with Gasteiger partial charge in [0.2, 0.25) is 0 Å². The SMILES string of the molecule is OC[C@@H]1CCN(c2ncccc2O)C1. The fraction of sp³-hybridized carbons (Fsp3) is 0.500. The molecule has 4 heteroatoms. The number of nitrogens with zero attached hydrogens (tertiary/aromatic N) is 2. The van der Waals surface area contributed by atoms with Gasteiger partial charge in [0.15, 0.2) is 11.6 Å². The minimum atomic E-state index is 0.212. The molecule has 1 aromatic heterocycles. The van der Waals surface area contributed by atoms with E-state index in [9.17, 15) is 5.11 Å². The first-order chi connectivity index (χ1) is 6.81. The van der Waals surface area contributed by atoms with Crippen LogP contribution in [-0.4, -0.2) is 34.9 Å². The molecule has 1 aliphatic rings. The summed E-state index contributed by atoms with van der Waals surface area (Å²) < 4.78 is 0. The molecule has 2 heterocycles. The molecule has 1 aromatic rings. The van der Waals surface area contributed by atoms with Gasteiger partial charge in [0, 0.05) is 31.8 Å². The van der Waals surface area contributed by atoms with Gasteiger partial charge < -0.3 is 15.1 Å². The van der Waals surface area contributed by atoms with E-state index in [0.29, 0.717) is 11.7 Å². The molecule has 76 valence electrons. The van der Waals surface area contributed by atoms with Crippen LogP contribution in [0.1, 0.15) is 6.42 Å². The number of aromatic hydroxyl groups is 1. The lowest BCUT2D eigenvalue weighted by atomic mass is 10.1. The van der Waals surface area contributed by atoms with Crippen LogP contribution in [0.4, 0.5) is 5.82 Å². The van der Waals surface area contributed by atoms with Gasteiger partial charge >= 0.3 is 0 Å². The van der Waals surface area contributed by atoms with Gasteiger partial charge in [0.25, 0.3) is 0 Å². The van der Waals surface area contributed by atoms with E-state index in [0.717, 1.165) is 19.5 Å². The zero-order valence-corrected chi connectivity index (χ0v) is 7.93. The molecule has 4 nitrogen and oxygen atoms in total. The van der Waals surface area contributed by atoms with Crippen LogP contribution in [0.3, 0.4) is 0 Å². The summed E-state index contributed by atoms with van der Waals surface area (Å²) in [5, 5.41) is 18.6. The number of hydrogen-bond donors (Lipinski definition) is 2. The molecule has 0 bridgehead atoms. The lowest BCUT2D eigenvalue weighted by Gasteiger charge is -2.17. The first-order valence-electron chi connectivity index (χ1n) is 4.81. The molecule has 2 rings (SSSR count). The van der Waals surface area contributed by atoms with E-state index < -0.39 is 0 Å². The molecular weight excluding hydrogens is 180 g/mol. The highest BCUT2D eigenvalue weighted by Crippen LogP contribution is 2.28. The second-order valence-electron chi connectivity index (χ2n) is 3.63. The van der Waals surface area contributed by atoms with Gasteiger partial charge in [-0.3, -0.25) is 0 Å². The number of hydrogen-bond acceptors (Lipinski definition) is 4. The number of anilines is 1. The third-order valence-electron chi connectivity index (χ3n) is 2.61.